The van der Waals surface area contributed by atoms with Crippen LogP contribution in [0.25, 0.3) is 0 Å². The molecule has 0 aliphatic heterocycles. The maximum Gasteiger partial charge on any atom is 0.315 e. The average molecular weight is 203 g/mol. The maximum atomic E-state index is 5.66. The van der Waals surface area contributed by atoms with Crippen molar-refractivity contribution in [2.24, 2.45) is 5.84 Å². The Hall–Kier alpha value is -0.920. The molecule has 13 heavy (non-hydrogen) atoms. The van der Waals surface area contributed by atoms with Gasteiger partial charge in [0.05, 0.1) is 0 Å². The van der Waals surface area contributed by atoms with Gasteiger partial charge in [-0.2, -0.15) is 10.1 Å². The van der Waals surface area contributed by atoms with Crippen molar-refractivity contribution in [1.29, 1.82) is 0 Å². The van der Waals surface area contributed by atoms with Crippen molar-refractivity contribution in [3.05, 3.63) is 4.84 Å². The van der Waals surface area contributed by atoms with Crippen LogP contribution < -0.4 is 10.9 Å². The summed E-state index contributed by atoms with van der Waals surface area (Å²) in [5.74, 6) is 6.11. The third-order valence-electron chi connectivity index (χ3n) is 1.49. The van der Waals surface area contributed by atoms with E-state index in [9.17, 15) is 0 Å². The molecule has 0 unspecified atom stereocenters. The van der Waals surface area contributed by atoms with Gasteiger partial charge in [-0.3, -0.25) is 5.01 Å². The fourth-order valence-electron chi connectivity index (χ4n) is 0.758. The Labute approximate surface area is 81.3 Å². The predicted molar refractivity (Wildman–Crippen MR) is 51.8 cm³/mol. The van der Waals surface area contributed by atoms with Crippen molar-refractivity contribution in [3.8, 4) is 0 Å². The van der Waals surface area contributed by atoms with Crippen molar-refractivity contribution in [1.82, 2.24) is 15.0 Å². The van der Waals surface area contributed by atoms with Gasteiger partial charge in [0.1, 0.15) is 0 Å². The summed E-state index contributed by atoms with van der Waals surface area (Å²) in [5.41, 5.74) is 0. The average Bonchev–Trinajstić information content (AvgIpc) is 2.47. The molecule has 1 aromatic heterocycles. The van der Waals surface area contributed by atoms with Gasteiger partial charge in [-0.25, -0.2) is 5.84 Å². The summed E-state index contributed by atoms with van der Waals surface area (Å²) >= 11 is 4.69. The van der Waals surface area contributed by atoms with E-state index in [2.05, 4.69) is 22.4 Å². The van der Waals surface area contributed by atoms with Crippen molar-refractivity contribution in [2.45, 2.75) is 0 Å². The van der Waals surface area contributed by atoms with Gasteiger partial charge in [0.2, 0.25) is 0 Å². The van der Waals surface area contributed by atoms with Gasteiger partial charge in [0, 0.05) is 13.1 Å². The minimum Gasteiger partial charge on any atom is -0.346 e. The quantitative estimate of drug-likeness (QED) is 0.407. The SMILES string of the molecule is CN(C)CCN(N)c1nc(=S)o[nH]1. The van der Waals surface area contributed by atoms with Crippen LogP contribution in [0, 0.1) is 4.84 Å². The van der Waals surface area contributed by atoms with Crippen LogP contribution in [-0.2, 0) is 0 Å². The highest BCUT2D eigenvalue weighted by Crippen LogP contribution is 2.01. The number of hydrazine groups is 1. The molecule has 0 radical (unpaired) electrons. The zero-order chi connectivity index (χ0) is 9.84. The van der Waals surface area contributed by atoms with E-state index >= 15 is 0 Å². The number of anilines is 1. The second-order valence-corrected chi connectivity index (χ2v) is 3.25. The molecule has 0 atom stereocenters. The minimum atomic E-state index is 0.162. The molecule has 0 fully saturated rings. The maximum absolute atomic E-state index is 5.66. The number of likely N-dealkylation sites (N-methyl/N-ethyl adjacent to an activating group) is 1. The molecular weight excluding hydrogens is 190 g/mol. The second-order valence-electron chi connectivity index (χ2n) is 2.90. The monoisotopic (exact) mass is 203 g/mol. The number of rotatable bonds is 4. The first-order chi connectivity index (χ1) is 6.09. The van der Waals surface area contributed by atoms with E-state index in [1.807, 2.05) is 19.0 Å². The number of hydrogen-bond donors (Lipinski definition) is 2. The summed E-state index contributed by atoms with van der Waals surface area (Å²) in [6, 6.07) is 0. The van der Waals surface area contributed by atoms with Crippen LogP contribution in [0.15, 0.2) is 4.52 Å². The molecule has 0 aromatic carbocycles. The summed E-state index contributed by atoms with van der Waals surface area (Å²) in [6.07, 6.45) is 0. The molecule has 0 amide bonds. The minimum absolute atomic E-state index is 0.162. The van der Waals surface area contributed by atoms with Crippen LogP contribution >= 0.6 is 12.2 Å². The van der Waals surface area contributed by atoms with E-state index in [1.165, 1.54) is 5.01 Å². The number of nitrogens with one attached hydrogen (secondary N) is 1. The topological polar surface area (TPSA) is 74.3 Å². The number of aromatic amines is 1. The van der Waals surface area contributed by atoms with Gasteiger partial charge in [0.15, 0.2) is 0 Å². The van der Waals surface area contributed by atoms with E-state index in [4.69, 9.17) is 10.4 Å². The number of hydrogen-bond acceptors (Lipinski definition) is 6. The summed E-state index contributed by atoms with van der Waals surface area (Å²) in [4.78, 5) is 6.05. The molecule has 0 aliphatic carbocycles. The van der Waals surface area contributed by atoms with Crippen LogP contribution in [0.1, 0.15) is 0 Å². The highest BCUT2D eigenvalue weighted by atomic mass is 32.1. The van der Waals surface area contributed by atoms with E-state index in [-0.39, 0.29) is 4.84 Å². The van der Waals surface area contributed by atoms with E-state index in [0.29, 0.717) is 12.5 Å². The predicted octanol–water partition coefficient (Wildman–Crippen LogP) is -0.0261. The molecule has 0 aliphatic rings. The third-order valence-corrected chi connectivity index (χ3v) is 1.66. The molecule has 74 valence electrons. The molecule has 0 saturated heterocycles. The third kappa shape index (κ3) is 3.13. The zero-order valence-corrected chi connectivity index (χ0v) is 8.47. The summed E-state index contributed by atoms with van der Waals surface area (Å²) < 4.78 is 4.74. The van der Waals surface area contributed by atoms with Crippen LogP contribution in [0.2, 0.25) is 0 Å². The summed E-state index contributed by atoms with van der Waals surface area (Å²) in [7, 11) is 3.94. The van der Waals surface area contributed by atoms with Crippen LogP contribution in [0.4, 0.5) is 5.95 Å². The van der Waals surface area contributed by atoms with Gasteiger partial charge < -0.3 is 9.42 Å². The van der Waals surface area contributed by atoms with Crippen molar-refractivity contribution < 1.29 is 4.52 Å². The molecule has 7 heteroatoms. The lowest BCUT2D eigenvalue weighted by Crippen LogP contribution is -2.37. The molecule has 0 saturated carbocycles. The number of H-pyrrole nitrogens is 1. The van der Waals surface area contributed by atoms with E-state index in [0.717, 1.165) is 6.54 Å². The molecule has 3 N–H and O–H groups in total. The number of nitrogens with two attached hydrogens (primary N) is 1. The van der Waals surface area contributed by atoms with Crippen LogP contribution in [-0.4, -0.2) is 42.2 Å². The highest BCUT2D eigenvalue weighted by Gasteiger charge is 2.05. The first-order valence-electron chi connectivity index (χ1n) is 3.82. The van der Waals surface area contributed by atoms with Crippen LogP contribution in [0.3, 0.4) is 0 Å². The molecule has 6 nitrogen and oxygen atoms in total. The molecular formula is C6H13N5OS. The van der Waals surface area contributed by atoms with Crippen molar-refractivity contribution >= 4 is 18.2 Å². The van der Waals surface area contributed by atoms with Gasteiger partial charge in [0.25, 0.3) is 5.95 Å². The summed E-state index contributed by atoms with van der Waals surface area (Å²) in [5, 5.41) is 3.98. The molecule has 1 rings (SSSR count). The van der Waals surface area contributed by atoms with Gasteiger partial charge >= 0.3 is 4.84 Å². The first-order valence-corrected chi connectivity index (χ1v) is 4.23. The van der Waals surface area contributed by atoms with Gasteiger partial charge in [-0.15, -0.1) is 0 Å². The lowest BCUT2D eigenvalue weighted by atomic mass is 10.5. The second kappa shape index (κ2) is 4.35. The van der Waals surface area contributed by atoms with Crippen molar-refractivity contribution in [3.63, 3.8) is 0 Å². The molecule has 1 heterocycles. The zero-order valence-electron chi connectivity index (χ0n) is 7.65. The smallest absolute Gasteiger partial charge is 0.315 e. The largest absolute Gasteiger partial charge is 0.346 e. The fourth-order valence-corrected chi connectivity index (χ4v) is 0.886. The van der Waals surface area contributed by atoms with Crippen LogP contribution in [0.5, 0.6) is 0 Å². The molecule has 0 bridgehead atoms. The van der Waals surface area contributed by atoms with E-state index < -0.39 is 0 Å². The van der Waals surface area contributed by atoms with E-state index in [1.54, 1.807) is 0 Å². The standard InChI is InChI=1S/C6H13N5OS/c1-10(2)3-4-11(7)5-8-6(13)12-9-5/h3-4,7H2,1-2H3,(H,8,9,13). The Morgan fingerprint density at radius 2 is 2.23 bits per heavy atom. The lowest BCUT2D eigenvalue weighted by molar-refractivity contribution is 0.396. The Balaban J connectivity index is 2.48. The van der Waals surface area contributed by atoms with Gasteiger partial charge in [-0.1, -0.05) is 0 Å². The Morgan fingerprint density at radius 3 is 2.69 bits per heavy atom. The molecule has 1 aromatic rings. The fraction of sp³-hybridized carbons (Fsp3) is 0.667. The highest BCUT2D eigenvalue weighted by molar-refractivity contribution is 7.71. The summed E-state index contributed by atoms with van der Waals surface area (Å²) in [6.45, 7) is 1.49. The molecule has 0 spiro atoms. The number of aromatic nitrogens is 2. The van der Waals surface area contributed by atoms with Gasteiger partial charge in [-0.05, 0) is 26.3 Å². The number of nitrogens with zero attached hydrogens (tertiary/aromatic N) is 3. The lowest BCUT2D eigenvalue weighted by Gasteiger charge is -2.16. The Kier molecular flexibility index (Phi) is 3.40. The Bertz CT molecular complexity index is 306. The first kappa shape index (κ1) is 10.2. The normalized spacial score (nSPS) is 10.8. The Morgan fingerprint density at radius 1 is 1.54 bits per heavy atom. The van der Waals surface area contributed by atoms with Crippen molar-refractivity contribution in [2.75, 3.05) is 32.2 Å².